The van der Waals surface area contributed by atoms with Crippen LogP contribution in [0.15, 0.2) is 59.4 Å². The molecule has 1 aromatic heterocycles. The topological polar surface area (TPSA) is 64.0 Å². The second-order valence-electron chi connectivity index (χ2n) is 5.61. The summed E-state index contributed by atoms with van der Waals surface area (Å²) in [6.07, 6.45) is 0. The van der Waals surface area contributed by atoms with Gasteiger partial charge in [0.05, 0.1) is 5.69 Å². The van der Waals surface area contributed by atoms with Crippen LogP contribution >= 0.6 is 11.6 Å². The number of hydrogen-bond donors (Lipinski definition) is 1. The lowest BCUT2D eigenvalue weighted by molar-refractivity contribution is 0.101. The summed E-state index contributed by atoms with van der Waals surface area (Å²) >= 11 is 6.07. The maximum atomic E-state index is 12.6. The highest BCUT2D eigenvalue weighted by Gasteiger charge is 2.16. The number of anilines is 1. The summed E-state index contributed by atoms with van der Waals surface area (Å²) in [6.45, 7) is 3.56. The van der Waals surface area contributed by atoms with E-state index in [1.165, 1.54) is 6.07 Å². The normalized spacial score (nSPS) is 10.5. The Bertz CT molecular complexity index is 997. The summed E-state index contributed by atoms with van der Waals surface area (Å²) in [4.78, 5) is 24.8. The molecule has 0 aliphatic carbocycles. The summed E-state index contributed by atoms with van der Waals surface area (Å²) in [7, 11) is 0. The Labute approximate surface area is 149 Å². The molecule has 0 aliphatic rings. The van der Waals surface area contributed by atoms with E-state index in [9.17, 15) is 9.59 Å². The highest BCUT2D eigenvalue weighted by atomic mass is 35.5. The third-order valence-electron chi connectivity index (χ3n) is 3.84. The second-order valence-corrected chi connectivity index (χ2v) is 6.02. The molecule has 0 saturated carbocycles. The highest BCUT2D eigenvalue weighted by molar-refractivity contribution is 6.31. The predicted octanol–water partition coefficient (Wildman–Crippen LogP) is 3.76. The number of nitrogens with one attached hydrogen (secondary N) is 1. The number of nitrogens with zero attached hydrogens (tertiary/aromatic N) is 2. The van der Waals surface area contributed by atoms with E-state index in [1.807, 2.05) is 30.3 Å². The first-order valence-corrected chi connectivity index (χ1v) is 8.08. The zero-order valence-electron chi connectivity index (χ0n) is 13.8. The maximum Gasteiger partial charge on any atom is 0.280 e. The van der Waals surface area contributed by atoms with Gasteiger partial charge in [-0.1, -0.05) is 35.9 Å². The lowest BCUT2D eigenvalue weighted by Crippen LogP contribution is -2.27. The number of hydrogen-bond acceptors (Lipinski definition) is 3. The minimum absolute atomic E-state index is 0.172. The quantitative estimate of drug-likeness (QED) is 0.779. The molecule has 0 atom stereocenters. The summed E-state index contributed by atoms with van der Waals surface area (Å²) in [5, 5.41) is 7.49. The molecule has 126 valence electrons. The summed E-state index contributed by atoms with van der Waals surface area (Å²) in [5.41, 5.74) is 2.09. The molecule has 3 aromatic rings. The second kappa shape index (κ2) is 6.91. The first-order valence-electron chi connectivity index (χ1n) is 7.70. The molecule has 25 heavy (non-hydrogen) atoms. The molecule has 6 heteroatoms. The van der Waals surface area contributed by atoms with Crippen molar-refractivity contribution in [3.8, 4) is 5.69 Å². The van der Waals surface area contributed by atoms with Gasteiger partial charge in [-0.25, -0.2) is 4.68 Å². The molecule has 1 amide bonds. The Morgan fingerprint density at radius 2 is 1.80 bits per heavy atom. The van der Waals surface area contributed by atoms with Crippen LogP contribution in [-0.2, 0) is 0 Å². The lowest BCUT2D eigenvalue weighted by Gasteiger charge is -2.12. The lowest BCUT2D eigenvalue weighted by atomic mass is 10.2. The van der Waals surface area contributed by atoms with E-state index in [0.717, 1.165) is 11.3 Å². The Morgan fingerprint density at radius 1 is 1.08 bits per heavy atom. The minimum atomic E-state index is -0.569. The molecule has 2 aromatic carbocycles. The molecule has 1 heterocycles. The average Bonchev–Trinajstić information content (AvgIpc) is 2.59. The zero-order chi connectivity index (χ0) is 18.0. The Kier molecular flexibility index (Phi) is 4.67. The van der Waals surface area contributed by atoms with Crippen LogP contribution in [0, 0.1) is 13.8 Å². The van der Waals surface area contributed by atoms with Crippen molar-refractivity contribution in [1.82, 2.24) is 9.78 Å². The maximum absolute atomic E-state index is 12.6. The van der Waals surface area contributed by atoms with Crippen molar-refractivity contribution in [3.05, 3.63) is 86.8 Å². The van der Waals surface area contributed by atoms with E-state index in [1.54, 1.807) is 36.7 Å². The zero-order valence-corrected chi connectivity index (χ0v) is 14.5. The highest BCUT2D eigenvalue weighted by Crippen LogP contribution is 2.23. The van der Waals surface area contributed by atoms with Crippen LogP contribution in [0.1, 0.15) is 21.7 Å². The van der Waals surface area contributed by atoms with Crippen LogP contribution in [0.3, 0.4) is 0 Å². The number of halogens is 1. The van der Waals surface area contributed by atoms with E-state index >= 15 is 0 Å². The van der Waals surface area contributed by atoms with Crippen LogP contribution in [-0.4, -0.2) is 15.7 Å². The van der Waals surface area contributed by atoms with Gasteiger partial charge in [-0.2, -0.15) is 5.10 Å². The van der Waals surface area contributed by atoms with Crippen LogP contribution < -0.4 is 10.7 Å². The number of rotatable bonds is 3. The molecule has 1 N–H and O–H groups in total. The van der Waals surface area contributed by atoms with Gasteiger partial charge in [0, 0.05) is 22.5 Å². The average molecular weight is 354 g/mol. The van der Waals surface area contributed by atoms with Crippen LogP contribution in [0.5, 0.6) is 0 Å². The molecule has 5 nitrogen and oxygen atoms in total. The molecular formula is C19H16ClN3O2. The molecule has 0 fully saturated rings. The van der Waals surface area contributed by atoms with Gasteiger partial charge in [0.2, 0.25) is 5.43 Å². The van der Waals surface area contributed by atoms with Gasteiger partial charge in [-0.3, -0.25) is 9.59 Å². The fourth-order valence-corrected chi connectivity index (χ4v) is 2.63. The van der Waals surface area contributed by atoms with Crippen molar-refractivity contribution in [2.24, 2.45) is 0 Å². The molecule has 0 aliphatic heterocycles. The fourth-order valence-electron chi connectivity index (χ4n) is 2.46. The number of carbonyl (C=O) groups excluding carboxylic acids is 1. The number of carbonyl (C=O) groups is 1. The van der Waals surface area contributed by atoms with Gasteiger partial charge >= 0.3 is 0 Å². The molecule has 3 rings (SSSR count). The molecule has 0 unspecified atom stereocenters. The number of benzene rings is 2. The van der Waals surface area contributed by atoms with Gasteiger partial charge < -0.3 is 5.32 Å². The van der Waals surface area contributed by atoms with Crippen LogP contribution in [0.25, 0.3) is 5.69 Å². The number of aryl methyl sites for hydroxylation is 1. The third-order valence-corrected chi connectivity index (χ3v) is 4.25. The largest absolute Gasteiger partial charge is 0.320 e. The van der Waals surface area contributed by atoms with Crippen LogP contribution in [0.4, 0.5) is 5.69 Å². The number of aromatic nitrogens is 2. The smallest absolute Gasteiger partial charge is 0.280 e. The van der Waals surface area contributed by atoms with E-state index in [-0.39, 0.29) is 5.69 Å². The Balaban J connectivity index is 2.01. The van der Waals surface area contributed by atoms with E-state index in [4.69, 9.17) is 11.6 Å². The van der Waals surface area contributed by atoms with Crippen molar-refractivity contribution in [1.29, 1.82) is 0 Å². The molecule has 0 spiro atoms. The summed E-state index contributed by atoms with van der Waals surface area (Å²) in [5.74, 6) is -0.569. The predicted molar refractivity (Wildman–Crippen MR) is 98.7 cm³/mol. The van der Waals surface area contributed by atoms with E-state index in [0.29, 0.717) is 16.4 Å². The fraction of sp³-hybridized carbons (Fsp3) is 0.105. The SMILES string of the molecule is Cc1c(Cl)cccc1NC(=O)c1nn(-c2ccccc2)c(C)cc1=O. The van der Waals surface area contributed by atoms with Gasteiger partial charge in [0.1, 0.15) is 0 Å². The van der Waals surface area contributed by atoms with Crippen molar-refractivity contribution in [2.45, 2.75) is 13.8 Å². The third kappa shape index (κ3) is 3.46. The van der Waals surface area contributed by atoms with E-state index in [2.05, 4.69) is 10.4 Å². The van der Waals surface area contributed by atoms with Gasteiger partial charge in [0.25, 0.3) is 5.91 Å². The standard InChI is InChI=1S/C19H16ClN3O2/c1-12-11-17(24)18(22-23(12)14-7-4-3-5-8-14)19(25)21-16-10-6-9-15(20)13(16)2/h3-11H,1-2H3,(H,21,25). The van der Waals surface area contributed by atoms with Crippen molar-refractivity contribution in [2.75, 3.05) is 5.32 Å². The molecule has 0 radical (unpaired) electrons. The Hall–Kier alpha value is -2.92. The minimum Gasteiger partial charge on any atom is -0.320 e. The Morgan fingerprint density at radius 3 is 2.52 bits per heavy atom. The van der Waals surface area contributed by atoms with Gasteiger partial charge in [0.15, 0.2) is 5.69 Å². The van der Waals surface area contributed by atoms with Gasteiger partial charge in [-0.05, 0) is 43.7 Å². The summed E-state index contributed by atoms with van der Waals surface area (Å²) < 4.78 is 1.57. The first kappa shape index (κ1) is 16.9. The van der Waals surface area contributed by atoms with E-state index < -0.39 is 11.3 Å². The molecule has 0 bridgehead atoms. The molecule has 0 saturated heterocycles. The van der Waals surface area contributed by atoms with Gasteiger partial charge in [-0.15, -0.1) is 0 Å². The van der Waals surface area contributed by atoms with Crippen molar-refractivity contribution >= 4 is 23.2 Å². The molecular weight excluding hydrogens is 338 g/mol. The number of para-hydroxylation sites is 1. The van der Waals surface area contributed by atoms with Crippen molar-refractivity contribution < 1.29 is 4.79 Å². The summed E-state index contributed by atoms with van der Waals surface area (Å²) in [6, 6.07) is 15.9. The van der Waals surface area contributed by atoms with Crippen LogP contribution in [0.2, 0.25) is 5.02 Å². The number of amides is 1. The monoisotopic (exact) mass is 353 g/mol. The first-order chi connectivity index (χ1) is 12.0. The van der Waals surface area contributed by atoms with Crippen molar-refractivity contribution in [3.63, 3.8) is 0 Å².